The average molecular weight is 405 g/mol. The molecule has 1 aromatic carbocycles. The van der Waals surface area contributed by atoms with Gasteiger partial charge in [0, 0.05) is 0 Å². The van der Waals surface area contributed by atoms with Crippen LogP contribution in [0.15, 0.2) is 18.2 Å². The Morgan fingerprint density at radius 2 is 1.24 bits per heavy atom. The number of hydrogen-bond donors (Lipinski definition) is 2. The standard InChI is InChI=1S/C26H44O3/c1-4-5-6-7-8-9-10-11-12-13-14-15-16-17-21-26(29,25(27)28)24-20-18-19-22(2)23(24)3/h18-20,29H,4-17,21H2,1-3H3,(H,27,28). The Morgan fingerprint density at radius 3 is 1.69 bits per heavy atom. The molecule has 2 N–H and O–H groups in total. The minimum atomic E-state index is -1.77. The number of carboxylic acid groups (broad SMARTS) is 1. The van der Waals surface area contributed by atoms with Crippen LogP contribution in [-0.2, 0) is 10.4 Å². The molecule has 29 heavy (non-hydrogen) atoms. The van der Waals surface area contributed by atoms with Gasteiger partial charge >= 0.3 is 5.97 Å². The van der Waals surface area contributed by atoms with Gasteiger partial charge in [0.25, 0.3) is 0 Å². The quantitative estimate of drug-likeness (QED) is 0.265. The van der Waals surface area contributed by atoms with Crippen molar-refractivity contribution in [3.05, 3.63) is 34.9 Å². The highest BCUT2D eigenvalue weighted by atomic mass is 16.4. The Kier molecular flexibility index (Phi) is 12.9. The first-order valence-electron chi connectivity index (χ1n) is 12.0. The van der Waals surface area contributed by atoms with E-state index >= 15 is 0 Å². The van der Waals surface area contributed by atoms with Crippen LogP contribution in [0.1, 0.15) is 120 Å². The Morgan fingerprint density at radius 1 is 0.793 bits per heavy atom. The normalized spacial score (nSPS) is 13.4. The number of carbonyl (C=O) groups is 1. The third kappa shape index (κ3) is 9.33. The van der Waals surface area contributed by atoms with E-state index in [2.05, 4.69) is 6.92 Å². The Labute approximate surface area is 178 Å². The summed E-state index contributed by atoms with van der Waals surface area (Å²) in [5.74, 6) is -1.14. The number of hydrogen-bond acceptors (Lipinski definition) is 2. The molecule has 0 saturated carbocycles. The third-order valence-electron chi connectivity index (χ3n) is 6.30. The summed E-state index contributed by atoms with van der Waals surface area (Å²) < 4.78 is 0. The lowest BCUT2D eigenvalue weighted by molar-refractivity contribution is -0.160. The molecule has 0 radical (unpaired) electrons. The first-order valence-corrected chi connectivity index (χ1v) is 12.0. The van der Waals surface area contributed by atoms with Crippen molar-refractivity contribution in [1.82, 2.24) is 0 Å². The summed E-state index contributed by atoms with van der Waals surface area (Å²) in [6.45, 7) is 6.11. The molecular formula is C26H44O3. The van der Waals surface area contributed by atoms with E-state index in [0.29, 0.717) is 5.56 Å². The zero-order chi connectivity index (χ0) is 21.5. The van der Waals surface area contributed by atoms with E-state index in [4.69, 9.17) is 0 Å². The van der Waals surface area contributed by atoms with Gasteiger partial charge in [-0.25, -0.2) is 4.79 Å². The Bertz CT molecular complexity index is 581. The fraction of sp³-hybridized carbons (Fsp3) is 0.731. The molecule has 3 heteroatoms. The SMILES string of the molecule is CCCCCCCCCCCCCCCCC(O)(C(=O)O)c1cccc(C)c1C. The van der Waals surface area contributed by atoms with Crippen LogP contribution in [0, 0.1) is 13.8 Å². The molecule has 0 saturated heterocycles. The number of carboxylic acids is 1. The summed E-state index contributed by atoms with van der Waals surface area (Å²) in [6.07, 6.45) is 17.9. The van der Waals surface area contributed by atoms with E-state index in [9.17, 15) is 15.0 Å². The van der Waals surface area contributed by atoms with Crippen LogP contribution in [0.25, 0.3) is 0 Å². The molecule has 0 aromatic heterocycles. The largest absolute Gasteiger partial charge is 0.479 e. The fourth-order valence-electron chi connectivity index (χ4n) is 4.13. The number of aliphatic hydroxyl groups is 1. The monoisotopic (exact) mass is 404 g/mol. The van der Waals surface area contributed by atoms with Gasteiger partial charge in [-0.3, -0.25) is 0 Å². The minimum absolute atomic E-state index is 0.282. The maximum Gasteiger partial charge on any atom is 0.340 e. The van der Waals surface area contributed by atoms with Gasteiger partial charge in [-0.2, -0.15) is 0 Å². The molecule has 0 fully saturated rings. The maximum absolute atomic E-state index is 11.8. The summed E-state index contributed by atoms with van der Waals surface area (Å²) in [7, 11) is 0. The smallest absolute Gasteiger partial charge is 0.340 e. The van der Waals surface area contributed by atoms with Gasteiger partial charge in [-0.05, 0) is 43.4 Å². The molecule has 0 aliphatic rings. The second-order valence-corrected chi connectivity index (χ2v) is 8.76. The van der Waals surface area contributed by atoms with Crippen LogP contribution >= 0.6 is 0 Å². The molecule has 1 unspecified atom stereocenters. The van der Waals surface area contributed by atoms with Crippen LogP contribution in [0.3, 0.4) is 0 Å². The van der Waals surface area contributed by atoms with Crippen molar-refractivity contribution in [1.29, 1.82) is 0 Å². The molecule has 1 atom stereocenters. The van der Waals surface area contributed by atoms with E-state index in [0.717, 1.165) is 30.4 Å². The second-order valence-electron chi connectivity index (χ2n) is 8.76. The molecule has 0 aliphatic heterocycles. The molecule has 0 aliphatic carbocycles. The zero-order valence-electron chi connectivity index (χ0n) is 19.1. The van der Waals surface area contributed by atoms with Crippen molar-refractivity contribution in [3.63, 3.8) is 0 Å². The predicted molar refractivity (Wildman–Crippen MR) is 122 cm³/mol. The van der Waals surface area contributed by atoms with E-state index < -0.39 is 11.6 Å². The topological polar surface area (TPSA) is 57.5 Å². The lowest BCUT2D eigenvalue weighted by atomic mass is 9.84. The molecule has 0 heterocycles. The first kappa shape index (κ1) is 25.7. The summed E-state index contributed by atoms with van der Waals surface area (Å²) in [5, 5.41) is 20.5. The van der Waals surface area contributed by atoms with E-state index in [1.54, 1.807) is 6.07 Å². The van der Waals surface area contributed by atoms with E-state index in [1.165, 1.54) is 70.6 Å². The van der Waals surface area contributed by atoms with Crippen molar-refractivity contribution >= 4 is 5.97 Å². The van der Waals surface area contributed by atoms with Gasteiger partial charge in [0.05, 0.1) is 0 Å². The maximum atomic E-state index is 11.8. The molecule has 0 amide bonds. The molecule has 1 rings (SSSR count). The minimum Gasteiger partial charge on any atom is -0.479 e. The van der Waals surface area contributed by atoms with Gasteiger partial charge in [0.2, 0.25) is 0 Å². The number of benzene rings is 1. The van der Waals surface area contributed by atoms with Gasteiger partial charge in [0.1, 0.15) is 0 Å². The molecule has 3 nitrogen and oxygen atoms in total. The third-order valence-corrected chi connectivity index (χ3v) is 6.30. The molecule has 0 bridgehead atoms. The van der Waals surface area contributed by atoms with Crippen molar-refractivity contribution in [2.75, 3.05) is 0 Å². The highest BCUT2D eigenvalue weighted by Gasteiger charge is 2.38. The van der Waals surface area contributed by atoms with Crippen LogP contribution < -0.4 is 0 Å². The number of aryl methyl sites for hydroxylation is 1. The fourth-order valence-corrected chi connectivity index (χ4v) is 4.13. The molecule has 166 valence electrons. The van der Waals surface area contributed by atoms with Crippen molar-refractivity contribution in [3.8, 4) is 0 Å². The lowest BCUT2D eigenvalue weighted by Gasteiger charge is -2.26. The highest BCUT2D eigenvalue weighted by Crippen LogP contribution is 2.31. The van der Waals surface area contributed by atoms with E-state index in [-0.39, 0.29) is 6.42 Å². The van der Waals surface area contributed by atoms with Gasteiger partial charge in [-0.1, -0.05) is 109 Å². The lowest BCUT2D eigenvalue weighted by Crippen LogP contribution is -2.36. The van der Waals surface area contributed by atoms with Crippen LogP contribution in [-0.4, -0.2) is 16.2 Å². The van der Waals surface area contributed by atoms with Gasteiger partial charge < -0.3 is 10.2 Å². The Hall–Kier alpha value is -1.35. The predicted octanol–water partition coefficient (Wildman–Crippen LogP) is 7.45. The van der Waals surface area contributed by atoms with Crippen LogP contribution in [0.5, 0.6) is 0 Å². The number of rotatable bonds is 17. The average Bonchev–Trinajstić information content (AvgIpc) is 2.70. The van der Waals surface area contributed by atoms with E-state index in [1.807, 2.05) is 26.0 Å². The second kappa shape index (κ2) is 14.6. The summed E-state index contributed by atoms with van der Waals surface area (Å²) in [4.78, 5) is 11.8. The molecular weight excluding hydrogens is 360 g/mol. The summed E-state index contributed by atoms with van der Waals surface area (Å²) >= 11 is 0. The number of aliphatic carboxylic acids is 1. The summed E-state index contributed by atoms with van der Waals surface area (Å²) in [5.41, 5.74) is 0.665. The van der Waals surface area contributed by atoms with Crippen LogP contribution in [0.2, 0.25) is 0 Å². The van der Waals surface area contributed by atoms with Gasteiger partial charge in [-0.15, -0.1) is 0 Å². The van der Waals surface area contributed by atoms with Crippen molar-refractivity contribution < 1.29 is 15.0 Å². The molecule has 0 spiro atoms. The Balaban J connectivity index is 2.16. The zero-order valence-corrected chi connectivity index (χ0v) is 19.1. The molecule has 1 aromatic rings. The highest BCUT2D eigenvalue weighted by molar-refractivity contribution is 5.79. The van der Waals surface area contributed by atoms with Crippen molar-refractivity contribution in [2.45, 2.75) is 123 Å². The van der Waals surface area contributed by atoms with Crippen LogP contribution in [0.4, 0.5) is 0 Å². The van der Waals surface area contributed by atoms with Gasteiger partial charge in [0.15, 0.2) is 5.60 Å². The number of unbranched alkanes of at least 4 members (excludes halogenated alkanes) is 13. The summed E-state index contributed by atoms with van der Waals surface area (Å²) in [6, 6.07) is 5.53. The van der Waals surface area contributed by atoms with Crippen molar-refractivity contribution in [2.24, 2.45) is 0 Å². The first-order chi connectivity index (χ1) is 13.9.